The van der Waals surface area contributed by atoms with E-state index in [0.29, 0.717) is 0 Å². The molecule has 0 radical (unpaired) electrons. The van der Waals surface area contributed by atoms with Crippen molar-refractivity contribution >= 4 is 50.6 Å². The van der Waals surface area contributed by atoms with Gasteiger partial charge in [0, 0.05) is 10.9 Å². The summed E-state index contributed by atoms with van der Waals surface area (Å²) in [6.07, 6.45) is -1.28. The largest absolute Gasteiger partial charge is 0.443 e. The molecule has 0 fully saturated rings. The molecule has 0 aliphatic carbocycles. The maximum Gasteiger partial charge on any atom is 0.430 e. The predicted molar refractivity (Wildman–Crippen MR) is 128 cm³/mol. The molecule has 0 saturated carbocycles. The second-order valence-electron chi connectivity index (χ2n) is 8.39. The summed E-state index contributed by atoms with van der Waals surface area (Å²) < 4.78 is 74.9. The van der Waals surface area contributed by atoms with E-state index < -0.39 is 50.1 Å². The van der Waals surface area contributed by atoms with Crippen molar-refractivity contribution in [3.63, 3.8) is 0 Å². The number of hydrogen-bond acceptors (Lipinski definition) is 7. The van der Waals surface area contributed by atoms with E-state index >= 15 is 4.39 Å². The van der Waals surface area contributed by atoms with Gasteiger partial charge in [-0.05, 0) is 58.0 Å². The van der Waals surface area contributed by atoms with Crippen LogP contribution in [-0.2, 0) is 14.8 Å². The van der Waals surface area contributed by atoms with Gasteiger partial charge in [-0.2, -0.15) is 0 Å². The van der Waals surface area contributed by atoms with Crippen LogP contribution in [0, 0.1) is 17.5 Å². The number of nitrogens with zero attached hydrogens (tertiary/aromatic N) is 2. The maximum atomic E-state index is 15.1. The van der Waals surface area contributed by atoms with Gasteiger partial charge in [0.15, 0.2) is 5.82 Å². The molecular weight excluding hydrogens is 527 g/mol. The van der Waals surface area contributed by atoms with Crippen molar-refractivity contribution in [2.24, 2.45) is 0 Å². The molecule has 3 rings (SSSR count). The third-order valence-electron chi connectivity index (χ3n) is 4.52. The Morgan fingerprint density at radius 1 is 1.17 bits per heavy atom. The van der Waals surface area contributed by atoms with Gasteiger partial charge in [0.2, 0.25) is 0 Å². The van der Waals surface area contributed by atoms with Crippen LogP contribution in [0.2, 0.25) is 5.02 Å². The van der Waals surface area contributed by atoms with Crippen LogP contribution in [0.25, 0.3) is 0 Å². The molecule has 2 aromatic carbocycles. The van der Waals surface area contributed by atoms with Crippen molar-refractivity contribution in [2.75, 3.05) is 9.62 Å². The van der Waals surface area contributed by atoms with Crippen LogP contribution in [0.4, 0.5) is 29.5 Å². The Labute approximate surface area is 209 Å². The lowest BCUT2D eigenvalue weighted by molar-refractivity contribution is 0.0608. The topological polar surface area (TPSA) is 88.6 Å². The lowest BCUT2D eigenvalue weighted by Gasteiger charge is -2.26. The molecule has 0 aliphatic rings. The van der Waals surface area contributed by atoms with E-state index in [0.717, 1.165) is 41.7 Å². The first kappa shape index (κ1) is 26.8. The Balaban J connectivity index is 2.00. The van der Waals surface area contributed by atoms with E-state index in [1.165, 1.54) is 38.6 Å². The first-order chi connectivity index (χ1) is 16.2. The molecule has 0 saturated heterocycles. The molecule has 0 aliphatic heterocycles. The number of thiazole rings is 1. The Kier molecular flexibility index (Phi) is 7.68. The van der Waals surface area contributed by atoms with E-state index in [4.69, 9.17) is 16.3 Å². The molecule has 0 bridgehead atoms. The Morgan fingerprint density at radius 3 is 2.46 bits per heavy atom. The van der Waals surface area contributed by atoms with Crippen molar-refractivity contribution in [3.05, 3.63) is 69.3 Å². The smallest absolute Gasteiger partial charge is 0.430 e. The van der Waals surface area contributed by atoms with E-state index in [1.807, 2.05) is 0 Å². The first-order valence-electron chi connectivity index (χ1n) is 10.1. The second-order valence-corrected chi connectivity index (χ2v) is 11.3. The highest BCUT2D eigenvalue weighted by Gasteiger charge is 2.38. The summed E-state index contributed by atoms with van der Waals surface area (Å²) in [5, 5.41) is 3.78. The fourth-order valence-electron chi connectivity index (χ4n) is 3.02. The molecule has 1 aromatic heterocycles. The average Bonchev–Trinajstić information content (AvgIpc) is 3.24. The molecule has 1 heterocycles. The summed E-state index contributed by atoms with van der Waals surface area (Å²) in [5.74, 6) is -2.89. The Bertz CT molecular complexity index is 1350. The SMILES string of the molecule is C[C@H](Nc1cc(F)c(S(=O)(=O)N(C(=O)OC(C)(C)C)c2cscn2)cc1Cl)c1cc(F)ccc1F. The number of benzene rings is 2. The Hall–Kier alpha value is -2.83. The number of nitrogens with one attached hydrogen (secondary N) is 1. The molecule has 3 aromatic rings. The minimum Gasteiger partial charge on any atom is -0.443 e. The number of amides is 1. The number of aromatic nitrogens is 1. The maximum absolute atomic E-state index is 15.1. The minimum absolute atomic E-state index is 0.0437. The monoisotopic (exact) mass is 547 g/mol. The zero-order valence-corrected chi connectivity index (χ0v) is 21.4. The number of ether oxygens (including phenoxy) is 1. The van der Waals surface area contributed by atoms with Crippen molar-refractivity contribution in [2.45, 2.75) is 44.2 Å². The molecule has 35 heavy (non-hydrogen) atoms. The van der Waals surface area contributed by atoms with Gasteiger partial charge in [0.1, 0.15) is 27.9 Å². The molecule has 1 amide bonds. The van der Waals surface area contributed by atoms with Gasteiger partial charge in [-0.25, -0.2) is 31.4 Å². The summed E-state index contributed by atoms with van der Waals surface area (Å²) in [6.45, 7) is 6.11. The van der Waals surface area contributed by atoms with Crippen LogP contribution < -0.4 is 9.62 Å². The van der Waals surface area contributed by atoms with Crippen molar-refractivity contribution in [1.82, 2.24) is 4.98 Å². The Morgan fingerprint density at radius 2 is 1.86 bits per heavy atom. The minimum atomic E-state index is -4.85. The second kappa shape index (κ2) is 10.0. The summed E-state index contributed by atoms with van der Waals surface area (Å²) in [6, 6.07) is 3.63. The summed E-state index contributed by atoms with van der Waals surface area (Å²) in [5.41, 5.74) is 0.133. The third kappa shape index (κ3) is 6.06. The van der Waals surface area contributed by atoms with Crippen LogP contribution in [0.3, 0.4) is 0 Å². The van der Waals surface area contributed by atoms with Crippen molar-refractivity contribution in [3.8, 4) is 0 Å². The van der Waals surface area contributed by atoms with Gasteiger partial charge in [0.05, 0.1) is 22.3 Å². The highest BCUT2D eigenvalue weighted by atomic mass is 35.5. The van der Waals surface area contributed by atoms with Gasteiger partial charge in [-0.3, -0.25) is 0 Å². The zero-order valence-electron chi connectivity index (χ0n) is 19.0. The molecule has 13 heteroatoms. The van der Waals surface area contributed by atoms with Gasteiger partial charge in [-0.1, -0.05) is 11.6 Å². The van der Waals surface area contributed by atoms with E-state index in [1.54, 1.807) is 0 Å². The zero-order chi connectivity index (χ0) is 26.1. The number of rotatable bonds is 6. The van der Waals surface area contributed by atoms with Crippen LogP contribution in [0.15, 0.2) is 46.1 Å². The molecular formula is C22H21ClF3N3O4S2. The number of anilines is 2. The van der Waals surface area contributed by atoms with Crippen LogP contribution in [0.5, 0.6) is 0 Å². The molecule has 0 spiro atoms. The quantitative estimate of drug-likeness (QED) is 0.378. The summed E-state index contributed by atoms with van der Waals surface area (Å²) >= 11 is 7.24. The summed E-state index contributed by atoms with van der Waals surface area (Å²) in [7, 11) is -4.85. The third-order valence-corrected chi connectivity index (χ3v) is 7.10. The van der Waals surface area contributed by atoms with Crippen LogP contribution in [-0.4, -0.2) is 25.1 Å². The van der Waals surface area contributed by atoms with Gasteiger partial charge in [0.25, 0.3) is 10.0 Å². The molecule has 1 N–H and O–H groups in total. The van der Waals surface area contributed by atoms with Gasteiger partial charge >= 0.3 is 6.09 Å². The number of hydrogen-bond donors (Lipinski definition) is 1. The lowest BCUT2D eigenvalue weighted by Crippen LogP contribution is -2.41. The normalized spacial score (nSPS) is 12.8. The summed E-state index contributed by atoms with van der Waals surface area (Å²) in [4.78, 5) is 15.7. The van der Waals surface area contributed by atoms with E-state index in [-0.39, 0.29) is 26.4 Å². The van der Waals surface area contributed by atoms with Crippen molar-refractivity contribution in [1.29, 1.82) is 0 Å². The van der Waals surface area contributed by atoms with Crippen molar-refractivity contribution < 1.29 is 31.1 Å². The number of halogens is 4. The molecule has 7 nitrogen and oxygen atoms in total. The molecule has 1 atom stereocenters. The number of carbonyl (C=O) groups excluding carboxylic acids is 1. The average molecular weight is 548 g/mol. The van der Waals surface area contributed by atoms with E-state index in [9.17, 15) is 22.0 Å². The van der Waals surface area contributed by atoms with Crippen LogP contribution in [0.1, 0.15) is 39.3 Å². The highest BCUT2D eigenvalue weighted by Crippen LogP contribution is 2.34. The fraction of sp³-hybridized carbons (Fsp3) is 0.273. The van der Waals surface area contributed by atoms with Gasteiger partial charge in [-0.15, -0.1) is 15.6 Å². The number of carbonyl (C=O) groups is 1. The lowest BCUT2D eigenvalue weighted by atomic mass is 10.1. The van der Waals surface area contributed by atoms with Crippen LogP contribution >= 0.6 is 22.9 Å². The number of sulfonamides is 1. The molecule has 0 unspecified atom stereocenters. The predicted octanol–water partition coefficient (Wildman–Crippen LogP) is 6.52. The first-order valence-corrected chi connectivity index (χ1v) is 12.8. The van der Waals surface area contributed by atoms with E-state index in [2.05, 4.69) is 10.3 Å². The molecule has 188 valence electrons. The highest BCUT2D eigenvalue weighted by molar-refractivity contribution is 7.93. The standard InChI is InChI=1S/C22H21ClF3N3O4S2/c1-12(14-7-13(24)5-6-16(14)25)28-18-9-17(26)19(8-15(18)23)35(31,32)29(20-10-34-11-27-20)21(30)33-22(2,3)4/h5-12,28H,1-4H3/t12-/m0/s1. The van der Waals surface area contributed by atoms with Gasteiger partial charge < -0.3 is 10.1 Å². The fourth-order valence-corrected chi connectivity index (χ4v) is 5.23.